The highest BCUT2D eigenvalue weighted by molar-refractivity contribution is 7.89. The molecule has 0 bridgehead atoms. The van der Waals surface area contributed by atoms with Crippen LogP contribution in [0.1, 0.15) is 19.8 Å². The lowest BCUT2D eigenvalue weighted by Crippen LogP contribution is -2.37. The van der Waals surface area contributed by atoms with Crippen LogP contribution >= 0.6 is 0 Å². The van der Waals surface area contributed by atoms with E-state index >= 15 is 0 Å². The number of carbonyl (C=O) groups excluding carboxylic acids is 1. The van der Waals surface area contributed by atoms with E-state index < -0.39 is 15.9 Å². The zero-order chi connectivity index (χ0) is 20.1. The summed E-state index contributed by atoms with van der Waals surface area (Å²) in [5.74, 6) is 0.151. The second-order valence-corrected chi connectivity index (χ2v) is 8.84. The van der Waals surface area contributed by atoms with E-state index in [1.165, 1.54) is 52.8 Å². The third-order valence-corrected chi connectivity index (χ3v) is 6.61. The number of hydrogen-bond donors (Lipinski definition) is 1. The van der Waals surface area contributed by atoms with Crippen LogP contribution in [0.25, 0.3) is 0 Å². The van der Waals surface area contributed by atoms with Crippen molar-refractivity contribution in [2.24, 2.45) is 5.92 Å². The molecule has 1 N–H and O–H groups in total. The monoisotopic (exact) mass is 406 g/mol. The number of anilines is 1. The Hall–Kier alpha value is -2.45. The van der Waals surface area contributed by atoms with Crippen LogP contribution in [0.15, 0.2) is 53.4 Å². The van der Waals surface area contributed by atoms with Crippen LogP contribution in [0.2, 0.25) is 0 Å². The molecule has 8 heteroatoms. The first kappa shape index (κ1) is 20.3. The first-order valence-corrected chi connectivity index (χ1v) is 10.6. The second kappa shape index (κ2) is 8.70. The first-order chi connectivity index (χ1) is 13.3. The van der Waals surface area contributed by atoms with Gasteiger partial charge in [-0.25, -0.2) is 12.8 Å². The molecule has 1 aliphatic heterocycles. The van der Waals surface area contributed by atoms with Gasteiger partial charge in [-0.1, -0.05) is 6.92 Å². The summed E-state index contributed by atoms with van der Waals surface area (Å²) in [5.41, 5.74) is 0.465. The van der Waals surface area contributed by atoms with Crippen LogP contribution in [0.5, 0.6) is 5.75 Å². The number of sulfonamides is 1. The Labute approximate surface area is 164 Å². The Kier molecular flexibility index (Phi) is 6.31. The average Bonchev–Trinajstić information content (AvgIpc) is 2.69. The summed E-state index contributed by atoms with van der Waals surface area (Å²) in [6, 6.07) is 11.4. The normalized spacial score (nSPS) is 15.9. The lowest BCUT2D eigenvalue weighted by molar-refractivity contribution is -0.118. The lowest BCUT2D eigenvalue weighted by atomic mass is 10.0. The first-order valence-electron chi connectivity index (χ1n) is 9.13. The van der Waals surface area contributed by atoms with E-state index in [0.717, 1.165) is 12.8 Å². The molecule has 150 valence electrons. The largest absolute Gasteiger partial charge is 0.484 e. The van der Waals surface area contributed by atoms with Crippen LogP contribution in [-0.2, 0) is 14.8 Å². The van der Waals surface area contributed by atoms with Gasteiger partial charge in [0, 0.05) is 18.8 Å². The highest BCUT2D eigenvalue weighted by atomic mass is 32.2. The standard InChI is InChI=1S/C20H23FN2O4S/c1-15-10-12-23(13-11-15)28(25,26)19-8-6-18(7-9-19)27-14-20(24)22-17-4-2-16(21)3-5-17/h2-9,15H,10-14H2,1H3,(H,22,24). The number of ether oxygens (including phenoxy) is 1. The average molecular weight is 406 g/mol. The number of rotatable bonds is 6. The minimum Gasteiger partial charge on any atom is -0.484 e. The molecule has 1 heterocycles. The summed E-state index contributed by atoms with van der Waals surface area (Å²) < 4.78 is 45.2. The SMILES string of the molecule is CC1CCN(S(=O)(=O)c2ccc(OCC(=O)Nc3ccc(F)cc3)cc2)CC1. The molecular weight excluding hydrogens is 383 g/mol. The van der Waals surface area contributed by atoms with Crippen molar-refractivity contribution in [3.05, 3.63) is 54.3 Å². The van der Waals surface area contributed by atoms with Crippen LogP contribution in [0, 0.1) is 11.7 Å². The van der Waals surface area contributed by atoms with Gasteiger partial charge < -0.3 is 10.1 Å². The van der Waals surface area contributed by atoms with Gasteiger partial charge in [-0.3, -0.25) is 4.79 Å². The molecule has 6 nitrogen and oxygen atoms in total. The summed E-state index contributed by atoms with van der Waals surface area (Å²) in [6.45, 7) is 2.95. The topological polar surface area (TPSA) is 75.7 Å². The molecule has 0 radical (unpaired) electrons. The second-order valence-electron chi connectivity index (χ2n) is 6.90. The smallest absolute Gasteiger partial charge is 0.262 e. The van der Waals surface area contributed by atoms with Crippen LogP contribution < -0.4 is 10.1 Å². The number of nitrogens with zero attached hydrogens (tertiary/aromatic N) is 1. The van der Waals surface area contributed by atoms with Gasteiger partial charge in [0.05, 0.1) is 4.90 Å². The van der Waals surface area contributed by atoms with Gasteiger partial charge in [0.1, 0.15) is 11.6 Å². The number of piperidine rings is 1. The molecule has 1 fully saturated rings. The number of amides is 1. The third-order valence-electron chi connectivity index (χ3n) is 4.70. The Balaban J connectivity index is 1.55. The quantitative estimate of drug-likeness (QED) is 0.799. The molecular formula is C20H23FN2O4S. The van der Waals surface area contributed by atoms with E-state index in [-0.39, 0.29) is 17.3 Å². The molecule has 0 saturated carbocycles. The number of nitrogens with one attached hydrogen (secondary N) is 1. The Bertz CT molecular complexity index is 906. The Morgan fingerprint density at radius 2 is 1.71 bits per heavy atom. The fraction of sp³-hybridized carbons (Fsp3) is 0.350. The molecule has 0 aliphatic carbocycles. The number of halogens is 1. The highest BCUT2D eigenvalue weighted by Crippen LogP contribution is 2.24. The van der Waals surface area contributed by atoms with E-state index in [2.05, 4.69) is 12.2 Å². The van der Waals surface area contributed by atoms with Crippen LogP contribution in [0.3, 0.4) is 0 Å². The predicted octanol–water partition coefficient (Wildman–Crippen LogP) is 3.26. The molecule has 2 aromatic rings. The highest BCUT2D eigenvalue weighted by Gasteiger charge is 2.27. The summed E-state index contributed by atoms with van der Waals surface area (Å²) >= 11 is 0. The summed E-state index contributed by atoms with van der Waals surface area (Å²) in [5, 5.41) is 2.59. The van der Waals surface area contributed by atoms with E-state index in [4.69, 9.17) is 4.74 Å². The molecule has 1 saturated heterocycles. The molecule has 3 rings (SSSR count). The molecule has 0 spiro atoms. The number of carbonyl (C=O) groups is 1. The van der Waals surface area contributed by atoms with Crippen molar-refractivity contribution in [1.82, 2.24) is 4.31 Å². The summed E-state index contributed by atoms with van der Waals surface area (Å²) in [6.07, 6.45) is 1.73. The van der Waals surface area contributed by atoms with Crippen molar-refractivity contribution in [3.8, 4) is 5.75 Å². The zero-order valence-electron chi connectivity index (χ0n) is 15.6. The Morgan fingerprint density at radius 1 is 1.11 bits per heavy atom. The maximum Gasteiger partial charge on any atom is 0.262 e. The van der Waals surface area contributed by atoms with Crippen molar-refractivity contribution >= 4 is 21.6 Å². The van der Waals surface area contributed by atoms with Gasteiger partial charge in [0.2, 0.25) is 10.0 Å². The molecule has 1 amide bonds. The van der Waals surface area contributed by atoms with Gasteiger partial charge >= 0.3 is 0 Å². The van der Waals surface area contributed by atoms with Gasteiger partial charge in [0.25, 0.3) is 5.91 Å². The van der Waals surface area contributed by atoms with Crippen molar-refractivity contribution < 1.29 is 22.3 Å². The zero-order valence-corrected chi connectivity index (χ0v) is 16.4. The van der Waals surface area contributed by atoms with Gasteiger partial charge in [0.15, 0.2) is 6.61 Å². The van der Waals surface area contributed by atoms with E-state index in [1.54, 1.807) is 0 Å². The van der Waals surface area contributed by atoms with Gasteiger partial charge in [-0.15, -0.1) is 0 Å². The molecule has 2 aromatic carbocycles. The third kappa shape index (κ3) is 5.08. The molecule has 28 heavy (non-hydrogen) atoms. The molecule has 0 atom stereocenters. The van der Waals surface area contributed by atoms with Gasteiger partial charge in [-0.2, -0.15) is 4.31 Å². The van der Waals surface area contributed by atoms with Crippen LogP contribution in [0.4, 0.5) is 10.1 Å². The van der Waals surface area contributed by atoms with Crippen molar-refractivity contribution in [2.75, 3.05) is 25.0 Å². The number of benzene rings is 2. The van der Waals surface area contributed by atoms with E-state index in [1.807, 2.05) is 0 Å². The summed E-state index contributed by atoms with van der Waals surface area (Å²) in [4.78, 5) is 12.1. The molecule has 0 aromatic heterocycles. The summed E-state index contributed by atoms with van der Waals surface area (Å²) in [7, 11) is -3.51. The molecule has 0 unspecified atom stereocenters. The van der Waals surface area contributed by atoms with E-state index in [9.17, 15) is 17.6 Å². The fourth-order valence-electron chi connectivity index (χ4n) is 2.96. The van der Waals surface area contributed by atoms with Gasteiger partial charge in [-0.05, 0) is 67.3 Å². The van der Waals surface area contributed by atoms with Crippen LogP contribution in [-0.4, -0.2) is 38.3 Å². The minimum atomic E-state index is -3.51. The van der Waals surface area contributed by atoms with E-state index in [0.29, 0.717) is 30.4 Å². The maximum absolute atomic E-state index is 12.9. The van der Waals surface area contributed by atoms with Crippen molar-refractivity contribution in [2.45, 2.75) is 24.7 Å². The van der Waals surface area contributed by atoms with Crippen molar-refractivity contribution in [1.29, 1.82) is 0 Å². The lowest BCUT2D eigenvalue weighted by Gasteiger charge is -2.29. The fourth-order valence-corrected chi connectivity index (χ4v) is 4.43. The molecule has 1 aliphatic rings. The predicted molar refractivity (Wildman–Crippen MR) is 104 cm³/mol. The number of hydrogen-bond acceptors (Lipinski definition) is 4. The van der Waals surface area contributed by atoms with Crippen molar-refractivity contribution in [3.63, 3.8) is 0 Å². The Morgan fingerprint density at radius 3 is 2.32 bits per heavy atom. The maximum atomic E-state index is 12.9. The minimum absolute atomic E-state index is 0.213.